The van der Waals surface area contributed by atoms with E-state index < -0.39 is 0 Å². The Morgan fingerprint density at radius 1 is 0.679 bits per heavy atom. The number of rotatable bonds is 4. The lowest BCUT2D eigenvalue weighted by molar-refractivity contribution is 0.626. The second-order valence-electron chi connectivity index (χ2n) is 6.82. The van der Waals surface area contributed by atoms with Gasteiger partial charge in [-0.3, -0.25) is 0 Å². The second-order valence-corrected chi connectivity index (χ2v) is 6.82. The van der Waals surface area contributed by atoms with Gasteiger partial charge in [-0.25, -0.2) is 9.36 Å². The molecule has 0 amide bonds. The van der Waals surface area contributed by atoms with Crippen molar-refractivity contribution in [2.24, 2.45) is 11.8 Å². The molecule has 6 nitrogen and oxygen atoms in total. The zero-order chi connectivity index (χ0) is 21.4. The maximum atomic E-state index is 3.91. The quantitative estimate of drug-likeness (QED) is 0.553. The fourth-order valence-electron chi connectivity index (χ4n) is 1.45. The van der Waals surface area contributed by atoms with Gasteiger partial charge in [0.2, 0.25) is 0 Å². The Labute approximate surface area is 171 Å². The summed E-state index contributed by atoms with van der Waals surface area (Å²) in [7, 11) is 0. The van der Waals surface area contributed by atoms with Gasteiger partial charge >= 0.3 is 0 Å². The fraction of sp³-hybridized carbons (Fsp3) is 0.545. The SMILES string of the molecule is CC.CCC(C)C.CCC(C)C.c1cn(-c2ccc(-n3ccnn3)cc2)nn1. The topological polar surface area (TPSA) is 61.4 Å². The van der Waals surface area contributed by atoms with E-state index in [2.05, 4.69) is 62.2 Å². The zero-order valence-electron chi connectivity index (χ0n) is 18.9. The summed E-state index contributed by atoms with van der Waals surface area (Å²) in [5.41, 5.74) is 1.92. The van der Waals surface area contributed by atoms with Gasteiger partial charge in [0.05, 0.1) is 36.2 Å². The normalized spacial score (nSPS) is 9.64. The fourth-order valence-corrected chi connectivity index (χ4v) is 1.45. The monoisotopic (exact) mass is 386 g/mol. The van der Waals surface area contributed by atoms with Crippen molar-refractivity contribution in [1.82, 2.24) is 30.0 Å². The molecule has 0 bridgehead atoms. The van der Waals surface area contributed by atoms with E-state index in [9.17, 15) is 0 Å². The van der Waals surface area contributed by atoms with Crippen molar-refractivity contribution in [1.29, 1.82) is 0 Å². The Balaban J connectivity index is 0.000000509. The lowest BCUT2D eigenvalue weighted by Gasteiger charge is -2.02. The van der Waals surface area contributed by atoms with Crippen LogP contribution in [0.3, 0.4) is 0 Å². The van der Waals surface area contributed by atoms with Crippen molar-refractivity contribution in [2.45, 2.75) is 68.2 Å². The van der Waals surface area contributed by atoms with E-state index in [0.717, 1.165) is 23.2 Å². The summed E-state index contributed by atoms with van der Waals surface area (Å²) in [5, 5.41) is 15.3. The smallest absolute Gasteiger partial charge is 0.0697 e. The van der Waals surface area contributed by atoms with Crippen molar-refractivity contribution in [3.8, 4) is 11.4 Å². The molecule has 0 saturated carbocycles. The largest absolute Gasteiger partial charge is 0.221 e. The summed E-state index contributed by atoms with van der Waals surface area (Å²) in [4.78, 5) is 0. The third-order valence-corrected chi connectivity index (χ3v) is 3.86. The Morgan fingerprint density at radius 2 is 0.964 bits per heavy atom. The Morgan fingerprint density at radius 3 is 1.14 bits per heavy atom. The van der Waals surface area contributed by atoms with Gasteiger partial charge in [0.1, 0.15) is 0 Å². The van der Waals surface area contributed by atoms with Gasteiger partial charge < -0.3 is 0 Å². The van der Waals surface area contributed by atoms with Gasteiger partial charge in [-0.15, -0.1) is 10.2 Å². The average molecular weight is 387 g/mol. The molecule has 0 aliphatic rings. The van der Waals surface area contributed by atoms with E-state index in [-0.39, 0.29) is 0 Å². The van der Waals surface area contributed by atoms with Crippen molar-refractivity contribution >= 4 is 0 Å². The maximum absolute atomic E-state index is 3.91. The molecule has 0 radical (unpaired) electrons. The summed E-state index contributed by atoms with van der Waals surface area (Å²) >= 11 is 0. The molecule has 0 aliphatic heterocycles. The standard InChI is InChI=1S/C10H8N6.2C5H12.C2H6/c1-2-10(16-8-6-12-14-16)4-3-9(1)15-7-5-11-13-15;2*1-4-5(2)3;1-2/h1-8H;2*5H,4H2,1-3H3;1-2H3. The molecule has 2 aromatic heterocycles. The molecule has 3 aromatic rings. The molecule has 0 spiro atoms. The average Bonchev–Trinajstić information content (AvgIpc) is 3.44. The summed E-state index contributed by atoms with van der Waals surface area (Å²) in [6, 6.07) is 7.80. The van der Waals surface area contributed by atoms with Crippen LogP contribution in [0.5, 0.6) is 0 Å². The maximum Gasteiger partial charge on any atom is 0.0697 e. The Hall–Kier alpha value is -2.50. The first-order chi connectivity index (χ1) is 13.5. The van der Waals surface area contributed by atoms with Crippen molar-refractivity contribution in [3.05, 3.63) is 49.1 Å². The number of hydrogen-bond donors (Lipinski definition) is 0. The highest BCUT2D eigenvalue weighted by atomic mass is 15.4. The highest BCUT2D eigenvalue weighted by Gasteiger charge is 1.99. The van der Waals surface area contributed by atoms with Crippen molar-refractivity contribution in [2.75, 3.05) is 0 Å². The molecule has 0 saturated heterocycles. The summed E-state index contributed by atoms with van der Waals surface area (Å²) in [6.07, 6.45) is 9.49. The lowest BCUT2D eigenvalue weighted by Crippen LogP contribution is -1.98. The number of nitrogens with zero attached hydrogens (tertiary/aromatic N) is 6. The Kier molecular flexibility index (Phi) is 14.2. The molecule has 0 N–H and O–H groups in total. The molecule has 0 unspecified atom stereocenters. The van der Waals surface area contributed by atoms with E-state index in [1.165, 1.54) is 12.8 Å². The summed E-state index contributed by atoms with van der Waals surface area (Å²) in [5.74, 6) is 1.77. The number of benzene rings is 1. The van der Waals surface area contributed by atoms with Crippen LogP contribution in [0.4, 0.5) is 0 Å². The van der Waals surface area contributed by atoms with Crippen LogP contribution in [0.15, 0.2) is 49.1 Å². The minimum atomic E-state index is 0.884. The molecule has 156 valence electrons. The van der Waals surface area contributed by atoms with E-state index in [1.54, 1.807) is 34.2 Å². The minimum Gasteiger partial charge on any atom is -0.221 e. The lowest BCUT2D eigenvalue weighted by atomic mass is 10.2. The van der Waals surface area contributed by atoms with Crippen LogP contribution in [0.25, 0.3) is 11.4 Å². The molecular weight excluding hydrogens is 348 g/mol. The number of aromatic nitrogens is 6. The third kappa shape index (κ3) is 10.6. The van der Waals surface area contributed by atoms with Gasteiger partial charge in [-0.05, 0) is 36.1 Å². The highest BCUT2D eigenvalue weighted by molar-refractivity contribution is 5.40. The minimum absolute atomic E-state index is 0.884. The first kappa shape index (κ1) is 25.5. The highest BCUT2D eigenvalue weighted by Crippen LogP contribution is 2.10. The van der Waals surface area contributed by atoms with Crippen LogP contribution in [0.1, 0.15) is 68.2 Å². The first-order valence-electron chi connectivity index (χ1n) is 10.3. The van der Waals surface area contributed by atoms with E-state index in [1.807, 2.05) is 38.1 Å². The van der Waals surface area contributed by atoms with Crippen molar-refractivity contribution in [3.63, 3.8) is 0 Å². The first-order valence-corrected chi connectivity index (χ1v) is 10.3. The third-order valence-electron chi connectivity index (χ3n) is 3.86. The van der Waals surface area contributed by atoms with Crippen LogP contribution in [0.2, 0.25) is 0 Å². The molecule has 6 heteroatoms. The van der Waals surface area contributed by atoms with Crippen LogP contribution in [0, 0.1) is 11.8 Å². The van der Waals surface area contributed by atoms with Gasteiger partial charge in [0, 0.05) is 0 Å². The molecule has 28 heavy (non-hydrogen) atoms. The van der Waals surface area contributed by atoms with Crippen LogP contribution in [-0.4, -0.2) is 30.0 Å². The molecule has 0 aliphatic carbocycles. The molecule has 3 rings (SSSR count). The zero-order valence-corrected chi connectivity index (χ0v) is 18.9. The van der Waals surface area contributed by atoms with Gasteiger partial charge in [0.15, 0.2) is 0 Å². The summed E-state index contributed by atoms with van der Waals surface area (Å²) in [6.45, 7) is 17.3. The van der Waals surface area contributed by atoms with E-state index in [4.69, 9.17) is 0 Å². The second kappa shape index (κ2) is 15.5. The van der Waals surface area contributed by atoms with Gasteiger partial charge in [0.25, 0.3) is 0 Å². The van der Waals surface area contributed by atoms with E-state index in [0.29, 0.717) is 0 Å². The molecule has 1 aromatic carbocycles. The van der Waals surface area contributed by atoms with Gasteiger partial charge in [-0.1, -0.05) is 78.7 Å². The van der Waals surface area contributed by atoms with Crippen molar-refractivity contribution < 1.29 is 0 Å². The molecule has 2 heterocycles. The predicted octanol–water partition coefficient (Wildman–Crippen LogP) is 5.98. The molecule has 0 fully saturated rings. The van der Waals surface area contributed by atoms with E-state index >= 15 is 0 Å². The predicted molar refractivity (Wildman–Crippen MR) is 118 cm³/mol. The molecular formula is C22H38N6. The molecule has 0 atom stereocenters. The Bertz CT molecular complexity index is 609. The number of hydrogen-bond acceptors (Lipinski definition) is 4. The van der Waals surface area contributed by atoms with Crippen LogP contribution in [-0.2, 0) is 0 Å². The summed E-state index contributed by atoms with van der Waals surface area (Å²) < 4.78 is 3.40. The van der Waals surface area contributed by atoms with Gasteiger partial charge in [-0.2, -0.15) is 0 Å². The van der Waals surface area contributed by atoms with Crippen LogP contribution >= 0.6 is 0 Å². The van der Waals surface area contributed by atoms with Crippen LogP contribution < -0.4 is 0 Å².